The van der Waals surface area contributed by atoms with Gasteiger partial charge < -0.3 is 15.2 Å². The monoisotopic (exact) mass is 213 g/mol. The molecule has 0 fully saturated rings. The van der Waals surface area contributed by atoms with Gasteiger partial charge in [0, 0.05) is 12.7 Å². The minimum atomic E-state index is -0.909. The summed E-state index contributed by atoms with van der Waals surface area (Å²) >= 11 is 0. The zero-order valence-corrected chi connectivity index (χ0v) is 8.27. The van der Waals surface area contributed by atoms with Gasteiger partial charge in [0.15, 0.2) is 0 Å². The second kappa shape index (κ2) is 5.31. The molecule has 0 aliphatic rings. The average molecular weight is 213 g/mol. The second-order valence-electron chi connectivity index (χ2n) is 2.88. The van der Waals surface area contributed by atoms with Gasteiger partial charge in [-0.05, 0) is 6.07 Å². The number of methoxy groups -OCH3 is 1. The molecule has 2 N–H and O–H groups in total. The summed E-state index contributed by atoms with van der Waals surface area (Å²) in [6, 6.07) is 6.12. The van der Waals surface area contributed by atoms with E-state index in [-0.39, 0.29) is 6.61 Å². The molecule has 1 amide bonds. The maximum atomic E-state index is 13.3. The van der Waals surface area contributed by atoms with Crippen molar-refractivity contribution in [3.8, 4) is 0 Å². The van der Waals surface area contributed by atoms with E-state index < -0.39 is 18.0 Å². The molecule has 0 heterocycles. The van der Waals surface area contributed by atoms with Crippen LogP contribution >= 0.6 is 0 Å². The SMILES string of the molecule is COC(COC(N)=O)c1ccccc1F. The van der Waals surface area contributed by atoms with Crippen molar-refractivity contribution in [1.29, 1.82) is 0 Å². The Morgan fingerprint density at radius 1 is 1.53 bits per heavy atom. The zero-order chi connectivity index (χ0) is 11.3. The van der Waals surface area contributed by atoms with Crippen LogP contribution in [0.15, 0.2) is 24.3 Å². The number of halogens is 1. The van der Waals surface area contributed by atoms with Crippen LogP contribution in [0.4, 0.5) is 9.18 Å². The first-order valence-electron chi connectivity index (χ1n) is 4.34. The van der Waals surface area contributed by atoms with Crippen molar-refractivity contribution < 1.29 is 18.7 Å². The van der Waals surface area contributed by atoms with Crippen LogP contribution in [0.25, 0.3) is 0 Å². The van der Waals surface area contributed by atoms with Gasteiger partial charge in [-0.3, -0.25) is 0 Å². The third kappa shape index (κ3) is 3.21. The molecule has 1 aromatic carbocycles. The third-order valence-electron chi connectivity index (χ3n) is 1.91. The van der Waals surface area contributed by atoms with Crippen LogP contribution in [0.1, 0.15) is 11.7 Å². The van der Waals surface area contributed by atoms with Gasteiger partial charge in [-0.25, -0.2) is 9.18 Å². The van der Waals surface area contributed by atoms with Crippen molar-refractivity contribution in [3.05, 3.63) is 35.6 Å². The van der Waals surface area contributed by atoms with Crippen molar-refractivity contribution in [2.75, 3.05) is 13.7 Å². The summed E-state index contributed by atoms with van der Waals surface area (Å²) in [7, 11) is 1.40. The standard InChI is InChI=1S/C10H12FNO3/c1-14-9(6-15-10(12)13)7-4-2-3-5-8(7)11/h2-5,9H,6H2,1H3,(H2,12,13). The molecular formula is C10H12FNO3. The third-order valence-corrected chi connectivity index (χ3v) is 1.91. The topological polar surface area (TPSA) is 61.6 Å². The Labute approximate surface area is 86.8 Å². The van der Waals surface area contributed by atoms with Gasteiger partial charge in [0.25, 0.3) is 0 Å². The number of rotatable bonds is 4. The lowest BCUT2D eigenvalue weighted by Crippen LogP contribution is -2.19. The molecule has 82 valence electrons. The van der Waals surface area contributed by atoms with Gasteiger partial charge in [-0.1, -0.05) is 18.2 Å². The van der Waals surface area contributed by atoms with E-state index in [1.165, 1.54) is 13.2 Å². The zero-order valence-electron chi connectivity index (χ0n) is 8.27. The lowest BCUT2D eigenvalue weighted by molar-refractivity contribution is 0.0352. The van der Waals surface area contributed by atoms with E-state index in [4.69, 9.17) is 10.5 Å². The summed E-state index contributed by atoms with van der Waals surface area (Å²) in [5.41, 5.74) is 5.14. The van der Waals surface area contributed by atoms with Gasteiger partial charge in [-0.15, -0.1) is 0 Å². The summed E-state index contributed by atoms with van der Waals surface area (Å²) in [4.78, 5) is 10.4. The summed E-state index contributed by atoms with van der Waals surface area (Å²) < 4.78 is 22.8. The first-order chi connectivity index (χ1) is 7.15. The lowest BCUT2D eigenvalue weighted by Gasteiger charge is -2.15. The highest BCUT2D eigenvalue weighted by atomic mass is 19.1. The largest absolute Gasteiger partial charge is 0.447 e. The van der Waals surface area contributed by atoms with Gasteiger partial charge in [0.2, 0.25) is 0 Å². The highest BCUT2D eigenvalue weighted by Crippen LogP contribution is 2.19. The fraction of sp³-hybridized carbons (Fsp3) is 0.300. The fourth-order valence-corrected chi connectivity index (χ4v) is 1.18. The predicted molar refractivity (Wildman–Crippen MR) is 51.7 cm³/mol. The van der Waals surface area contributed by atoms with Crippen LogP contribution in [0.3, 0.4) is 0 Å². The normalized spacial score (nSPS) is 12.1. The van der Waals surface area contributed by atoms with E-state index in [0.717, 1.165) is 0 Å². The number of primary amides is 1. The van der Waals surface area contributed by atoms with E-state index >= 15 is 0 Å². The van der Waals surface area contributed by atoms with Gasteiger partial charge >= 0.3 is 6.09 Å². The number of carbonyl (C=O) groups is 1. The Bertz CT molecular complexity index is 343. The van der Waals surface area contributed by atoms with E-state index in [0.29, 0.717) is 5.56 Å². The van der Waals surface area contributed by atoms with Crippen molar-refractivity contribution in [2.24, 2.45) is 5.73 Å². The molecule has 0 spiro atoms. The van der Waals surface area contributed by atoms with Gasteiger partial charge in [0.05, 0.1) is 0 Å². The Kier molecular flexibility index (Phi) is 4.05. The molecule has 0 bridgehead atoms. The van der Waals surface area contributed by atoms with Crippen molar-refractivity contribution in [3.63, 3.8) is 0 Å². The first kappa shape index (κ1) is 11.5. The van der Waals surface area contributed by atoms with Crippen molar-refractivity contribution in [2.45, 2.75) is 6.10 Å². The Hall–Kier alpha value is -1.62. The quantitative estimate of drug-likeness (QED) is 0.826. The molecule has 0 aliphatic carbocycles. The Morgan fingerprint density at radius 2 is 2.20 bits per heavy atom. The maximum absolute atomic E-state index is 13.3. The second-order valence-corrected chi connectivity index (χ2v) is 2.88. The highest BCUT2D eigenvalue weighted by molar-refractivity contribution is 5.64. The number of hydrogen-bond acceptors (Lipinski definition) is 3. The molecule has 0 saturated heterocycles. The fourth-order valence-electron chi connectivity index (χ4n) is 1.18. The Balaban J connectivity index is 2.74. The number of carbonyl (C=O) groups excluding carboxylic acids is 1. The number of ether oxygens (including phenoxy) is 2. The molecule has 4 nitrogen and oxygen atoms in total. The lowest BCUT2D eigenvalue weighted by atomic mass is 10.1. The molecule has 1 rings (SSSR count). The summed E-state index contributed by atoms with van der Waals surface area (Å²) in [6.45, 7) is -0.104. The first-order valence-corrected chi connectivity index (χ1v) is 4.34. The van der Waals surface area contributed by atoms with Crippen LogP contribution in [-0.2, 0) is 9.47 Å². The van der Waals surface area contributed by atoms with Crippen LogP contribution in [0.2, 0.25) is 0 Å². The summed E-state index contributed by atoms with van der Waals surface area (Å²) in [5, 5.41) is 0. The molecule has 15 heavy (non-hydrogen) atoms. The van der Waals surface area contributed by atoms with E-state index in [2.05, 4.69) is 4.74 Å². The van der Waals surface area contributed by atoms with Gasteiger partial charge in [0.1, 0.15) is 18.5 Å². The number of nitrogens with two attached hydrogens (primary N) is 1. The number of amides is 1. The van der Waals surface area contributed by atoms with Crippen molar-refractivity contribution in [1.82, 2.24) is 0 Å². The van der Waals surface area contributed by atoms with E-state index in [1.807, 2.05) is 0 Å². The average Bonchev–Trinajstić information content (AvgIpc) is 2.21. The highest BCUT2D eigenvalue weighted by Gasteiger charge is 2.15. The molecule has 5 heteroatoms. The number of hydrogen-bond donors (Lipinski definition) is 1. The smallest absolute Gasteiger partial charge is 0.404 e. The number of benzene rings is 1. The minimum Gasteiger partial charge on any atom is -0.447 e. The van der Waals surface area contributed by atoms with Crippen molar-refractivity contribution >= 4 is 6.09 Å². The minimum absolute atomic E-state index is 0.104. The maximum Gasteiger partial charge on any atom is 0.404 e. The van der Waals surface area contributed by atoms with Crippen LogP contribution in [-0.4, -0.2) is 19.8 Å². The Morgan fingerprint density at radius 3 is 2.73 bits per heavy atom. The van der Waals surface area contributed by atoms with E-state index in [1.54, 1.807) is 18.2 Å². The van der Waals surface area contributed by atoms with E-state index in [9.17, 15) is 9.18 Å². The summed E-state index contributed by atoms with van der Waals surface area (Å²) in [5.74, 6) is -0.405. The molecule has 0 saturated carbocycles. The molecule has 0 aliphatic heterocycles. The molecular weight excluding hydrogens is 201 g/mol. The molecule has 0 aromatic heterocycles. The predicted octanol–water partition coefficient (Wildman–Crippen LogP) is 1.61. The molecule has 0 radical (unpaired) electrons. The van der Waals surface area contributed by atoms with Crippen LogP contribution in [0.5, 0.6) is 0 Å². The van der Waals surface area contributed by atoms with Gasteiger partial charge in [-0.2, -0.15) is 0 Å². The molecule has 1 aromatic rings. The molecule has 1 atom stereocenters. The van der Waals surface area contributed by atoms with Crippen LogP contribution in [0, 0.1) is 5.82 Å². The molecule has 1 unspecified atom stereocenters. The summed E-state index contributed by atoms with van der Waals surface area (Å²) in [6.07, 6.45) is -1.55. The van der Waals surface area contributed by atoms with Crippen LogP contribution < -0.4 is 5.73 Å².